The Bertz CT molecular complexity index is 1470. The Morgan fingerprint density at radius 2 is 1.62 bits per heavy atom. The minimum atomic E-state index is -3.98. The number of nitrogens with one attached hydrogen (secondary N) is 1. The van der Waals surface area contributed by atoms with Gasteiger partial charge in [0.05, 0.1) is 35.2 Å². The second kappa shape index (κ2) is 12.6. The zero-order valence-electron chi connectivity index (χ0n) is 21.5. The molecule has 0 atom stereocenters. The summed E-state index contributed by atoms with van der Waals surface area (Å²) in [5.41, 5.74) is 1.25. The fourth-order valence-electron chi connectivity index (χ4n) is 4.01. The Hall–Kier alpha value is -3.45. The van der Waals surface area contributed by atoms with Gasteiger partial charge in [-0.3, -0.25) is 9.10 Å². The van der Waals surface area contributed by atoms with Gasteiger partial charge in [-0.05, 0) is 61.0 Å². The third kappa shape index (κ3) is 7.15. The highest BCUT2D eigenvalue weighted by atomic mass is 32.2. The fourth-order valence-corrected chi connectivity index (χ4v) is 6.85. The molecule has 0 spiro atoms. The van der Waals surface area contributed by atoms with Crippen LogP contribution in [0.15, 0.2) is 88.7 Å². The van der Waals surface area contributed by atoms with Crippen LogP contribution in [0.3, 0.4) is 0 Å². The molecule has 208 valence electrons. The monoisotopic (exact) mass is 573 g/mol. The first kappa shape index (κ1) is 28.6. The summed E-state index contributed by atoms with van der Waals surface area (Å²) in [6.07, 6.45) is 0. The average Bonchev–Trinajstić information content (AvgIpc) is 2.95. The van der Waals surface area contributed by atoms with Crippen molar-refractivity contribution in [2.75, 3.05) is 50.3 Å². The van der Waals surface area contributed by atoms with Gasteiger partial charge in [0.2, 0.25) is 15.9 Å². The maximum absolute atomic E-state index is 13.4. The first-order valence-corrected chi connectivity index (χ1v) is 15.3. The molecule has 1 N–H and O–H groups in total. The minimum Gasteiger partial charge on any atom is -0.492 e. The molecule has 0 unspecified atom stereocenters. The van der Waals surface area contributed by atoms with E-state index in [4.69, 9.17) is 9.47 Å². The lowest BCUT2D eigenvalue weighted by Gasteiger charge is -2.26. The van der Waals surface area contributed by atoms with Crippen LogP contribution in [0.25, 0.3) is 0 Å². The predicted octanol–water partition coefficient (Wildman–Crippen LogP) is 2.41. The molecule has 1 saturated heterocycles. The highest BCUT2D eigenvalue weighted by Crippen LogP contribution is 2.24. The van der Waals surface area contributed by atoms with Crippen LogP contribution in [-0.4, -0.2) is 73.0 Å². The molecule has 1 aliphatic heterocycles. The summed E-state index contributed by atoms with van der Waals surface area (Å²) in [5.74, 6) is -0.0511. The number of morpholine rings is 1. The van der Waals surface area contributed by atoms with Crippen molar-refractivity contribution < 1.29 is 31.1 Å². The molecule has 39 heavy (non-hydrogen) atoms. The van der Waals surface area contributed by atoms with E-state index in [1.54, 1.807) is 48.5 Å². The lowest BCUT2D eigenvalue weighted by Crippen LogP contribution is -2.42. The van der Waals surface area contributed by atoms with E-state index < -0.39 is 32.5 Å². The van der Waals surface area contributed by atoms with Gasteiger partial charge in [0.25, 0.3) is 10.0 Å². The number of amides is 1. The summed E-state index contributed by atoms with van der Waals surface area (Å²) in [5, 5.41) is 2.69. The molecule has 3 aromatic rings. The van der Waals surface area contributed by atoms with Gasteiger partial charge in [0.1, 0.15) is 18.9 Å². The zero-order valence-corrected chi connectivity index (χ0v) is 23.2. The number of sulfonamides is 2. The molecule has 0 aromatic heterocycles. The Morgan fingerprint density at radius 3 is 2.28 bits per heavy atom. The summed E-state index contributed by atoms with van der Waals surface area (Å²) < 4.78 is 65.5. The van der Waals surface area contributed by atoms with E-state index in [2.05, 4.69) is 5.32 Å². The first-order valence-electron chi connectivity index (χ1n) is 12.4. The van der Waals surface area contributed by atoms with E-state index in [9.17, 15) is 21.6 Å². The number of benzene rings is 3. The molecule has 1 amide bonds. The van der Waals surface area contributed by atoms with Crippen LogP contribution in [-0.2, 0) is 29.6 Å². The summed E-state index contributed by atoms with van der Waals surface area (Å²) in [6, 6.07) is 21.0. The van der Waals surface area contributed by atoms with Gasteiger partial charge in [-0.25, -0.2) is 16.8 Å². The van der Waals surface area contributed by atoms with E-state index in [0.29, 0.717) is 37.7 Å². The highest BCUT2D eigenvalue weighted by Gasteiger charge is 2.28. The SMILES string of the molecule is Cc1cccc(N(CC(=O)NCCOc2ccc(S(=O)(=O)N3CCOCC3)cc2)S(=O)(=O)c2ccccc2)c1. The highest BCUT2D eigenvalue weighted by molar-refractivity contribution is 7.92. The first-order chi connectivity index (χ1) is 18.7. The largest absolute Gasteiger partial charge is 0.492 e. The molecule has 1 aliphatic rings. The smallest absolute Gasteiger partial charge is 0.264 e. The van der Waals surface area contributed by atoms with E-state index in [0.717, 1.165) is 9.87 Å². The Morgan fingerprint density at radius 1 is 0.923 bits per heavy atom. The number of aryl methyl sites for hydroxylation is 1. The quantitative estimate of drug-likeness (QED) is 0.350. The fraction of sp³-hybridized carbons (Fsp3) is 0.296. The van der Waals surface area contributed by atoms with E-state index in [1.807, 2.05) is 13.0 Å². The third-order valence-electron chi connectivity index (χ3n) is 6.03. The molecule has 12 heteroatoms. The maximum Gasteiger partial charge on any atom is 0.264 e. The summed E-state index contributed by atoms with van der Waals surface area (Å²) >= 11 is 0. The molecule has 3 aromatic carbocycles. The summed E-state index contributed by atoms with van der Waals surface area (Å²) in [6.45, 7) is 3.03. The average molecular weight is 574 g/mol. The van der Waals surface area contributed by atoms with Crippen molar-refractivity contribution in [2.24, 2.45) is 0 Å². The molecule has 0 saturated carbocycles. The summed E-state index contributed by atoms with van der Waals surface area (Å²) in [4.78, 5) is 13.0. The van der Waals surface area contributed by atoms with Crippen molar-refractivity contribution >= 4 is 31.6 Å². The normalized spacial score (nSPS) is 14.5. The third-order valence-corrected chi connectivity index (χ3v) is 9.73. The number of anilines is 1. The van der Waals surface area contributed by atoms with Crippen molar-refractivity contribution in [2.45, 2.75) is 16.7 Å². The van der Waals surface area contributed by atoms with Crippen molar-refractivity contribution in [3.63, 3.8) is 0 Å². The number of carbonyl (C=O) groups is 1. The van der Waals surface area contributed by atoms with E-state index in [1.165, 1.54) is 28.6 Å². The number of ether oxygens (including phenoxy) is 2. The van der Waals surface area contributed by atoms with Crippen molar-refractivity contribution in [3.05, 3.63) is 84.4 Å². The molecule has 10 nitrogen and oxygen atoms in total. The lowest BCUT2D eigenvalue weighted by atomic mass is 10.2. The second-order valence-corrected chi connectivity index (χ2v) is 12.7. The zero-order chi connectivity index (χ0) is 27.9. The Balaban J connectivity index is 1.34. The number of rotatable bonds is 11. The second-order valence-electron chi connectivity index (χ2n) is 8.85. The topological polar surface area (TPSA) is 122 Å². The predicted molar refractivity (Wildman–Crippen MR) is 147 cm³/mol. The van der Waals surface area contributed by atoms with Crippen LogP contribution in [0, 0.1) is 6.92 Å². The van der Waals surface area contributed by atoms with Crippen molar-refractivity contribution in [1.82, 2.24) is 9.62 Å². The molecular formula is C27H31N3O7S2. The van der Waals surface area contributed by atoms with Gasteiger partial charge in [0, 0.05) is 13.1 Å². The molecule has 1 fully saturated rings. The van der Waals surface area contributed by atoms with Gasteiger partial charge in [-0.15, -0.1) is 0 Å². The molecular weight excluding hydrogens is 542 g/mol. The number of hydrogen-bond donors (Lipinski definition) is 1. The van der Waals surface area contributed by atoms with Gasteiger partial charge >= 0.3 is 0 Å². The van der Waals surface area contributed by atoms with Crippen LogP contribution < -0.4 is 14.4 Å². The van der Waals surface area contributed by atoms with Crippen molar-refractivity contribution in [1.29, 1.82) is 0 Å². The van der Waals surface area contributed by atoms with E-state index in [-0.39, 0.29) is 22.9 Å². The number of carbonyl (C=O) groups excluding carboxylic acids is 1. The van der Waals surface area contributed by atoms with E-state index >= 15 is 0 Å². The Labute approximate surface area is 229 Å². The van der Waals surface area contributed by atoms with Crippen LogP contribution in [0.1, 0.15) is 5.56 Å². The van der Waals surface area contributed by atoms with Crippen LogP contribution >= 0.6 is 0 Å². The molecule has 1 heterocycles. The van der Waals surface area contributed by atoms with Gasteiger partial charge in [-0.2, -0.15) is 4.31 Å². The molecule has 4 rings (SSSR count). The lowest BCUT2D eigenvalue weighted by molar-refractivity contribution is -0.119. The molecule has 0 bridgehead atoms. The standard InChI is InChI=1S/C27H31N3O7S2/c1-22-6-5-7-23(20-22)30(39(34,35)25-8-3-2-4-9-25)21-27(31)28-14-17-37-24-10-12-26(13-11-24)38(32,33)29-15-18-36-19-16-29/h2-13,20H,14-19,21H2,1H3,(H,28,31). The van der Waals surface area contributed by atoms with Gasteiger partial charge in [0.15, 0.2) is 0 Å². The Kier molecular flexibility index (Phi) is 9.23. The number of hydrogen-bond acceptors (Lipinski definition) is 7. The molecule has 0 aliphatic carbocycles. The minimum absolute atomic E-state index is 0.0849. The van der Waals surface area contributed by atoms with Crippen LogP contribution in [0.5, 0.6) is 5.75 Å². The summed E-state index contributed by atoms with van der Waals surface area (Å²) in [7, 11) is -7.58. The van der Waals surface area contributed by atoms with Gasteiger partial charge < -0.3 is 14.8 Å². The van der Waals surface area contributed by atoms with Crippen molar-refractivity contribution in [3.8, 4) is 5.75 Å². The maximum atomic E-state index is 13.4. The van der Waals surface area contributed by atoms with Gasteiger partial charge in [-0.1, -0.05) is 30.3 Å². The molecule has 0 radical (unpaired) electrons. The van der Waals surface area contributed by atoms with Crippen LogP contribution in [0.2, 0.25) is 0 Å². The van der Waals surface area contributed by atoms with Crippen LogP contribution in [0.4, 0.5) is 5.69 Å². The number of nitrogens with zero attached hydrogens (tertiary/aromatic N) is 2.